The zero-order chi connectivity index (χ0) is 34.5. The number of carbonyl (C=O) groups excluding carboxylic acids is 2. The SMILES string of the molecule is CC(C)(C)OC(=O)N[C@@H](CCS(=N)(=O)CCC(O)(c1ccc(NS(=O)(=O)c2ccccc2)cc1)C(F)(F)F)C(=O)OC(C)(C)C. The van der Waals surface area contributed by atoms with Gasteiger partial charge in [-0.1, -0.05) is 30.3 Å². The predicted octanol–water partition coefficient (Wildman–Crippen LogP) is 5.30. The number of carbonyl (C=O) groups is 2. The van der Waals surface area contributed by atoms with Crippen LogP contribution in [0.25, 0.3) is 0 Å². The molecule has 2 aromatic rings. The van der Waals surface area contributed by atoms with Crippen LogP contribution in [-0.4, -0.2) is 64.7 Å². The zero-order valence-electron chi connectivity index (χ0n) is 25.9. The summed E-state index contributed by atoms with van der Waals surface area (Å²) in [5, 5.41) is 13.1. The Labute approximate surface area is 261 Å². The number of hydrogen-bond donors (Lipinski definition) is 4. The Morgan fingerprint density at radius 2 is 1.40 bits per heavy atom. The number of alkyl carbamates (subject to hydrolysis) is 1. The van der Waals surface area contributed by atoms with E-state index in [0.29, 0.717) is 0 Å². The number of nitrogens with one attached hydrogen (secondary N) is 3. The molecular weight excluding hydrogens is 639 g/mol. The quantitative estimate of drug-likeness (QED) is 0.219. The first-order chi connectivity index (χ1) is 20.3. The minimum absolute atomic E-state index is 0.0675. The first kappa shape index (κ1) is 37.8. The fourth-order valence-corrected chi connectivity index (χ4v) is 6.40. The third-order valence-corrected chi connectivity index (χ3v) is 9.21. The van der Waals surface area contributed by atoms with Gasteiger partial charge in [0.2, 0.25) is 0 Å². The van der Waals surface area contributed by atoms with Crippen molar-refractivity contribution in [3.05, 3.63) is 60.2 Å². The summed E-state index contributed by atoms with van der Waals surface area (Å²) < 4.78 is 102. The molecule has 0 fully saturated rings. The molecule has 0 aliphatic carbocycles. The number of sulfonamides is 1. The molecule has 16 heteroatoms. The zero-order valence-corrected chi connectivity index (χ0v) is 27.5. The molecule has 0 aliphatic heterocycles. The molecule has 2 rings (SSSR count). The first-order valence-electron chi connectivity index (χ1n) is 13.8. The van der Waals surface area contributed by atoms with Crippen LogP contribution in [0, 0.1) is 4.78 Å². The maximum Gasteiger partial charge on any atom is 0.421 e. The van der Waals surface area contributed by atoms with E-state index in [1.165, 1.54) is 24.3 Å². The highest BCUT2D eigenvalue weighted by Crippen LogP contribution is 2.42. The predicted molar refractivity (Wildman–Crippen MR) is 162 cm³/mol. The van der Waals surface area contributed by atoms with Crippen LogP contribution in [0.4, 0.5) is 23.7 Å². The van der Waals surface area contributed by atoms with Gasteiger partial charge in [0, 0.05) is 33.3 Å². The maximum absolute atomic E-state index is 14.2. The van der Waals surface area contributed by atoms with Gasteiger partial charge in [0.25, 0.3) is 10.0 Å². The highest BCUT2D eigenvalue weighted by atomic mass is 32.2. The van der Waals surface area contributed by atoms with E-state index < -0.39 is 90.7 Å². The van der Waals surface area contributed by atoms with Crippen molar-refractivity contribution < 1.29 is 50.0 Å². The molecule has 45 heavy (non-hydrogen) atoms. The maximum atomic E-state index is 14.2. The average molecular weight is 680 g/mol. The summed E-state index contributed by atoms with van der Waals surface area (Å²) in [6, 6.07) is 9.70. The number of benzene rings is 2. The molecule has 0 radical (unpaired) electrons. The van der Waals surface area contributed by atoms with Gasteiger partial charge in [0.15, 0.2) is 5.60 Å². The van der Waals surface area contributed by atoms with Gasteiger partial charge >= 0.3 is 18.2 Å². The standard InChI is InChI=1S/C29H40F3N3O8S2/c1-26(2,3)42-24(36)23(34-25(37)43-27(4,5)6)16-18-44(33,39)19-17-28(38,29(30,31)32)20-12-14-21(15-13-20)35-45(40,41)22-10-8-7-9-11-22/h7-15,23,33,35,38H,16-19H2,1-6H3,(H,34,37)/t23-,28?,44?/m0/s1. The minimum atomic E-state index is -5.26. The van der Waals surface area contributed by atoms with E-state index in [0.717, 1.165) is 24.3 Å². The summed E-state index contributed by atoms with van der Waals surface area (Å²) in [4.78, 5) is 25.0. The molecule has 0 bridgehead atoms. The lowest BCUT2D eigenvalue weighted by Gasteiger charge is -2.31. The van der Waals surface area contributed by atoms with Gasteiger partial charge in [-0.25, -0.2) is 22.2 Å². The van der Waals surface area contributed by atoms with E-state index in [4.69, 9.17) is 14.3 Å². The van der Waals surface area contributed by atoms with E-state index in [2.05, 4.69) is 10.0 Å². The van der Waals surface area contributed by atoms with Crippen LogP contribution in [0.5, 0.6) is 0 Å². The fraction of sp³-hybridized carbons (Fsp3) is 0.517. The molecule has 11 nitrogen and oxygen atoms in total. The second kappa shape index (κ2) is 14.0. The van der Waals surface area contributed by atoms with Crippen LogP contribution in [0.2, 0.25) is 0 Å². The average Bonchev–Trinajstić information content (AvgIpc) is 2.88. The fourth-order valence-electron chi connectivity index (χ4n) is 3.87. The number of aliphatic hydroxyl groups is 1. The van der Waals surface area contributed by atoms with Crippen molar-refractivity contribution in [3.63, 3.8) is 0 Å². The van der Waals surface area contributed by atoms with E-state index in [1.54, 1.807) is 47.6 Å². The van der Waals surface area contributed by atoms with Gasteiger partial charge < -0.3 is 19.9 Å². The lowest BCUT2D eigenvalue weighted by atomic mass is 9.90. The summed E-state index contributed by atoms with van der Waals surface area (Å²) in [7, 11) is -7.87. The van der Waals surface area contributed by atoms with Crippen LogP contribution in [0.15, 0.2) is 59.5 Å². The summed E-state index contributed by atoms with van der Waals surface area (Å²) in [6.45, 7) is 9.49. The molecule has 0 saturated carbocycles. The number of anilines is 1. The summed E-state index contributed by atoms with van der Waals surface area (Å²) in [5.41, 5.74) is -6.15. The topological polar surface area (TPSA) is 172 Å². The van der Waals surface area contributed by atoms with E-state index in [-0.39, 0.29) is 10.6 Å². The molecule has 4 N–H and O–H groups in total. The Bertz CT molecular complexity index is 1540. The number of rotatable bonds is 12. The molecule has 0 saturated heterocycles. The van der Waals surface area contributed by atoms with Crippen molar-refractivity contribution in [1.82, 2.24) is 5.32 Å². The van der Waals surface area contributed by atoms with Gasteiger partial charge in [-0.15, -0.1) is 0 Å². The van der Waals surface area contributed by atoms with Crippen molar-refractivity contribution in [3.8, 4) is 0 Å². The Hall–Kier alpha value is -3.37. The monoisotopic (exact) mass is 679 g/mol. The van der Waals surface area contributed by atoms with Crippen molar-refractivity contribution in [2.75, 3.05) is 16.2 Å². The van der Waals surface area contributed by atoms with E-state index in [9.17, 15) is 40.5 Å². The molecule has 0 spiro atoms. The summed E-state index contributed by atoms with van der Waals surface area (Å²) in [6.07, 6.45) is -7.84. The van der Waals surface area contributed by atoms with E-state index in [1.807, 2.05) is 0 Å². The molecule has 0 heterocycles. The lowest BCUT2D eigenvalue weighted by Crippen LogP contribution is -2.47. The smallest absolute Gasteiger partial charge is 0.421 e. The summed E-state index contributed by atoms with van der Waals surface area (Å²) in [5.74, 6) is -2.45. The molecule has 0 aromatic heterocycles. The summed E-state index contributed by atoms with van der Waals surface area (Å²) >= 11 is 0. The molecule has 0 aliphatic rings. The largest absolute Gasteiger partial charge is 0.458 e. The second-order valence-corrected chi connectivity index (χ2v) is 16.5. The molecular formula is C29H40F3N3O8S2. The van der Waals surface area contributed by atoms with Crippen molar-refractivity contribution >= 4 is 37.5 Å². The van der Waals surface area contributed by atoms with Crippen LogP contribution in [0.1, 0.15) is 59.9 Å². The number of hydrogen-bond acceptors (Lipinski definition) is 9. The highest BCUT2D eigenvalue weighted by Gasteiger charge is 2.54. The van der Waals surface area contributed by atoms with E-state index >= 15 is 0 Å². The van der Waals surface area contributed by atoms with Crippen LogP contribution in [-0.2, 0) is 39.6 Å². The van der Waals surface area contributed by atoms with Crippen LogP contribution in [0.3, 0.4) is 0 Å². The molecule has 1 amide bonds. The first-order valence-corrected chi connectivity index (χ1v) is 17.2. The normalized spacial score (nSPS) is 16.0. The Morgan fingerprint density at radius 3 is 1.89 bits per heavy atom. The number of esters is 1. The van der Waals surface area contributed by atoms with Crippen molar-refractivity contribution in [2.24, 2.45) is 0 Å². The van der Waals surface area contributed by atoms with Crippen molar-refractivity contribution in [1.29, 1.82) is 4.78 Å². The van der Waals surface area contributed by atoms with Gasteiger partial charge in [0.1, 0.15) is 17.2 Å². The number of amides is 1. The number of halogens is 3. The second-order valence-electron chi connectivity index (χ2n) is 12.3. The molecule has 252 valence electrons. The molecule has 2 aromatic carbocycles. The third kappa shape index (κ3) is 11.8. The van der Waals surface area contributed by atoms with Crippen LogP contribution >= 0.6 is 0 Å². The van der Waals surface area contributed by atoms with Gasteiger partial charge in [-0.3, -0.25) is 9.50 Å². The molecule has 2 unspecified atom stereocenters. The lowest BCUT2D eigenvalue weighted by molar-refractivity contribution is -0.267. The minimum Gasteiger partial charge on any atom is -0.458 e. The Kier molecular flexibility index (Phi) is 11.7. The van der Waals surface area contributed by atoms with Crippen molar-refractivity contribution in [2.45, 2.75) is 88.3 Å². The molecule has 3 atom stereocenters. The number of ether oxygens (including phenoxy) is 2. The van der Waals surface area contributed by atoms with Gasteiger partial charge in [0.05, 0.1) is 4.90 Å². The van der Waals surface area contributed by atoms with Crippen LogP contribution < -0.4 is 10.0 Å². The van der Waals surface area contributed by atoms with Gasteiger partial charge in [-0.2, -0.15) is 13.2 Å². The Morgan fingerprint density at radius 1 is 0.867 bits per heavy atom. The third-order valence-electron chi connectivity index (χ3n) is 6.05. The number of alkyl halides is 3. The highest BCUT2D eigenvalue weighted by molar-refractivity contribution is 7.92. The Balaban J connectivity index is 2.20. The van der Waals surface area contributed by atoms with Gasteiger partial charge in [-0.05, 0) is 77.8 Å².